The van der Waals surface area contributed by atoms with E-state index in [0.717, 1.165) is 0 Å². The summed E-state index contributed by atoms with van der Waals surface area (Å²) in [5.41, 5.74) is 5.11. The molecular formula is C6H8N4OS2. The van der Waals surface area contributed by atoms with Crippen LogP contribution in [0.4, 0.5) is 0 Å². The number of hydrogen-bond acceptors (Lipinski definition) is 4. The summed E-state index contributed by atoms with van der Waals surface area (Å²) < 4.78 is 0. The molecule has 0 saturated heterocycles. The Hall–Kier alpha value is -1.08. The van der Waals surface area contributed by atoms with E-state index in [1.54, 1.807) is 12.4 Å². The number of amides is 1. The number of carbonyl (C=O) groups is 1. The second-order valence-electron chi connectivity index (χ2n) is 2.10. The number of nitrogens with one attached hydrogen (secondary N) is 2. The number of aromatic amines is 1. The summed E-state index contributed by atoms with van der Waals surface area (Å²) in [6.45, 7) is 0. The van der Waals surface area contributed by atoms with Gasteiger partial charge < -0.3 is 16.0 Å². The summed E-state index contributed by atoms with van der Waals surface area (Å²) in [6.07, 6.45) is 3.31. The predicted octanol–water partition coefficient (Wildman–Crippen LogP) is -0.138. The zero-order valence-corrected chi connectivity index (χ0v) is 8.24. The summed E-state index contributed by atoms with van der Waals surface area (Å²) in [7, 11) is 0. The lowest BCUT2D eigenvalue weighted by molar-refractivity contribution is -0.117. The van der Waals surface area contributed by atoms with Gasteiger partial charge in [0.2, 0.25) is 5.91 Å². The monoisotopic (exact) mass is 216 g/mol. The van der Waals surface area contributed by atoms with E-state index in [1.165, 1.54) is 11.8 Å². The van der Waals surface area contributed by atoms with Crippen molar-refractivity contribution in [1.29, 1.82) is 0 Å². The van der Waals surface area contributed by atoms with E-state index in [4.69, 9.17) is 5.73 Å². The first-order valence-electron chi connectivity index (χ1n) is 3.40. The smallest absolute Gasteiger partial charge is 0.236 e. The van der Waals surface area contributed by atoms with Crippen LogP contribution in [0.2, 0.25) is 0 Å². The molecule has 0 unspecified atom stereocenters. The number of imidazole rings is 1. The van der Waals surface area contributed by atoms with Crippen molar-refractivity contribution in [3.05, 3.63) is 12.4 Å². The molecule has 0 aliphatic carbocycles. The minimum Gasteiger partial charge on any atom is -0.376 e. The van der Waals surface area contributed by atoms with Gasteiger partial charge in [0.05, 0.1) is 5.75 Å². The van der Waals surface area contributed by atoms with Gasteiger partial charge in [-0.3, -0.25) is 4.79 Å². The molecule has 1 rings (SSSR count). The first-order chi connectivity index (χ1) is 6.18. The van der Waals surface area contributed by atoms with Crippen molar-refractivity contribution in [1.82, 2.24) is 15.3 Å². The van der Waals surface area contributed by atoms with Crippen LogP contribution < -0.4 is 11.1 Å². The number of H-pyrrole nitrogens is 1. The third-order valence-electron chi connectivity index (χ3n) is 1.08. The predicted molar refractivity (Wildman–Crippen MR) is 54.2 cm³/mol. The summed E-state index contributed by atoms with van der Waals surface area (Å²) in [4.78, 5) is 17.8. The highest BCUT2D eigenvalue weighted by molar-refractivity contribution is 7.99. The first kappa shape index (κ1) is 10.0. The molecule has 1 amide bonds. The number of thioether (sulfide) groups is 1. The molecular weight excluding hydrogens is 208 g/mol. The van der Waals surface area contributed by atoms with Gasteiger partial charge in [0.25, 0.3) is 0 Å². The maximum Gasteiger partial charge on any atom is 0.236 e. The van der Waals surface area contributed by atoms with Crippen molar-refractivity contribution in [3.63, 3.8) is 0 Å². The molecule has 1 aromatic heterocycles. The fourth-order valence-electron chi connectivity index (χ4n) is 0.637. The number of rotatable bonds is 3. The summed E-state index contributed by atoms with van der Waals surface area (Å²) >= 11 is 5.78. The van der Waals surface area contributed by atoms with Crippen molar-refractivity contribution in [3.8, 4) is 0 Å². The zero-order valence-electron chi connectivity index (χ0n) is 6.61. The van der Waals surface area contributed by atoms with Crippen LogP contribution in [0.1, 0.15) is 0 Å². The summed E-state index contributed by atoms with van der Waals surface area (Å²) in [5, 5.41) is 3.00. The molecule has 0 aromatic carbocycles. The Morgan fingerprint density at radius 2 is 2.62 bits per heavy atom. The molecule has 4 N–H and O–H groups in total. The van der Waals surface area contributed by atoms with Crippen LogP contribution >= 0.6 is 24.0 Å². The van der Waals surface area contributed by atoms with Gasteiger partial charge in [-0.2, -0.15) is 0 Å². The number of thiocarbonyl (C=S) groups is 1. The Morgan fingerprint density at radius 3 is 3.15 bits per heavy atom. The Kier molecular flexibility index (Phi) is 3.71. The average Bonchev–Trinajstić information content (AvgIpc) is 2.51. The largest absolute Gasteiger partial charge is 0.376 e. The third kappa shape index (κ3) is 3.90. The molecule has 0 radical (unpaired) electrons. The minimum atomic E-state index is -0.228. The van der Waals surface area contributed by atoms with E-state index in [0.29, 0.717) is 5.16 Å². The van der Waals surface area contributed by atoms with Crippen LogP contribution in [0, 0.1) is 0 Å². The molecule has 13 heavy (non-hydrogen) atoms. The fourth-order valence-corrected chi connectivity index (χ4v) is 1.38. The van der Waals surface area contributed by atoms with Crippen molar-refractivity contribution < 1.29 is 4.79 Å². The molecule has 0 aliphatic rings. The van der Waals surface area contributed by atoms with Crippen molar-refractivity contribution >= 4 is 35.0 Å². The van der Waals surface area contributed by atoms with Crippen LogP contribution in [0.3, 0.4) is 0 Å². The van der Waals surface area contributed by atoms with Crippen LogP contribution in [0.5, 0.6) is 0 Å². The van der Waals surface area contributed by atoms with Gasteiger partial charge >= 0.3 is 0 Å². The first-order valence-corrected chi connectivity index (χ1v) is 4.79. The van der Waals surface area contributed by atoms with Gasteiger partial charge in [-0.05, 0) is 12.2 Å². The molecule has 1 aromatic rings. The summed E-state index contributed by atoms with van der Waals surface area (Å²) in [5.74, 6) is 0.0131. The van der Waals surface area contributed by atoms with E-state index < -0.39 is 0 Å². The van der Waals surface area contributed by atoms with Crippen LogP contribution in [0.25, 0.3) is 0 Å². The lowest BCUT2D eigenvalue weighted by Crippen LogP contribution is -2.35. The standard InChI is InChI=1S/C6H8N4OS2/c7-5(12)10-4(11)3-13-6-8-1-2-9-6/h1-2H,3H2,(H,8,9)(H3,7,10,11,12). The van der Waals surface area contributed by atoms with Crippen LogP contribution in [0.15, 0.2) is 17.6 Å². The van der Waals surface area contributed by atoms with Gasteiger partial charge in [-0.15, -0.1) is 0 Å². The molecule has 0 bridgehead atoms. The molecule has 0 fully saturated rings. The molecule has 0 spiro atoms. The number of hydrogen-bond donors (Lipinski definition) is 3. The number of nitrogens with zero attached hydrogens (tertiary/aromatic N) is 1. The molecule has 1 heterocycles. The minimum absolute atomic E-state index is 0.00922. The van der Waals surface area contributed by atoms with E-state index in [1.807, 2.05) is 0 Å². The number of carbonyl (C=O) groups excluding carboxylic acids is 1. The molecule has 70 valence electrons. The fraction of sp³-hybridized carbons (Fsp3) is 0.167. The molecule has 5 nitrogen and oxygen atoms in total. The van der Waals surface area contributed by atoms with Gasteiger partial charge in [0, 0.05) is 12.4 Å². The lowest BCUT2D eigenvalue weighted by atomic mass is 10.7. The lowest BCUT2D eigenvalue weighted by Gasteiger charge is -1.99. The summed E-state index contributed by atoms with van der Waals surface area (Å²) in [6, 6.07) is 0. The van der Waals surface area contributed by atoms with Crippen molar-refractivity contribution in [2.75, 3.05) is 5.75 Å². The molecule has 7 heteroatoms. The number of nitrogens with two attached hydrogens (primary N) is 1. The second-order valence-corrected chi connectivity index (χ2v) is 3.50. The maximum absolute atomic E-state index is 11.0. The SMILES string of the molecule is NC(=S)NC(=O)CSc1ncc[nH]1. The second kappa shape index (κ2) is 4.83. The molecule has 0 aliphatic heterocycles. The Balaban J connectivity index is 2.27. The topological polar surface area (TPSA) is 83.8 Å². The Labute approximate surface area is 84.5 Å². The van der Waals surface area contributed by atoms with Gasteiger partial charge in [0.1, 0.15) is 0 Å². The third-order valence-corrected chi connectivity index (χ3v) is 2.08. The zero-order chi connectivity index (χ0) is 9.68. The Morgan fingerprint density at radius 1 is 1.85 bits per heavy atom. The molecule has 0 saturated carbocycles. The van der Waals surface area contributed by atoms with Gasteiger partial charge in [0.15, 0.2) is 10.3 Å². The Bertz CT molecular complexity index is 298. The quantitative estimate of drug-likeness (QED) is 0.484. The number of aromatic nitrogens is 2. The van der Waals surface area contributed by atoms with Crippen LogP contribution in [-0.2, 0) is 4.79 Å². The van der Waals surface area contributed by atoms with E-state index in [2.05, 4.69) is 27.5 Å². The highest BCUT2D eigenvalue weighted by atomic mass is 32.2. The normalized spacial score (nSPS) is 9.54. The van der Waals surface area contributed by atoms with E-state index >= 15 is 0 Å². The highest BCUT2D eigenvalue weighted by Gasteiger charge is 2.03. The molecule has 0 atom stereocenters. The average molecular weight is 216 g/mol. The van der Waals surface area contributed by atoms with E-state index in [-0.39, 0.29) is 16.8 Å². The maximum atomic E-state index is 11.0. The van der Waals surface area contributed by atoms with Crippen molar-refractivity contribution in [2.24, 2.45) is 5.73 Å². The van der Waals surface area contributed by atoms with Gasteiger partial charge in [-0.1, -0.05) is 11.8 Å². The van der Waals surface area contributed by atoms with Crippen molar-refractivity contribution in [2.45, 2.75) is 5.16 Å². The van der Waals surface area contributed by atoms with Crippen LogP contribution in [-0.4, -0.2) is 26.7 Å². The van der Waals surface area contributed by atoms with E-state index in [9.17, 15) is 4.79 Å². The van der Waals surface area contributed by atoms with Gasteiger partial charge in [-0.25, -0.2) is 4.98 Å². The highest BCUT2D eigenvalue weighted by Crippen LogP contribution is 2.10.